The Kier molecular flexibility index (Phi) is 4.17. The summed E-state index contributed by atoms with van der Waals surface area (Å²) in [6.45, 7) is 4.71. The van der Waals surface area contributed by atoms with Crippen molar-refractivity contribution in [1.29, 1.82) is 0 Å². The molecular formula is C14H20O5. The fourth-order valence-corrected chi connectivity index (χ4v) is 2.00. The molecule has 1 saturated heterocycles. The maximum absolute atomic E-state index is 5.74. The largest absolute Gasteiger partial charge is 0.493 e. The summed E-state index contributed by atoms with van der Waals surface area (Å²) in [6.07, 6.45) is -0.0779. The SMILES string of the molecule is COc1cccc(OC[C@H]2COC(C)(C)O2)c1OC. The van der Waals surface area contributed by atoms with E-state index in [0.29, 0.717) is 30.5 Å². The average Bonchev–Trinajstić information content (AvgIpc) is 2.75. The first kappa shape index (κ1) is 14.0. The minimum absolute atomic E-state index is 0.0779. The molecule has 5 heteroatoms. The summed E-state index contributed by atoms with van der Waals surface area (Å²) in [7, 11) is 3.18. The Bertz CT molecular complexity index is 430. The maximum atomic E-state index is 5.74. The van der Waals surface area contributed by atoms with E-state index in [0.717, 1.165) is 0 Å². The maximum Gasteiger partial charge on any atom is 0.203 e. The van der Waals surface area contributed by atoms with E-state index in [2.05, 4.69) is 0 Å². The fraction of sp³-hybridized carbons (Fsp3) is 0.571. The molecule has 0 amide bonds. The molecule has 0 N–H and O–H groups in total. The van der Waals surface area contributed by atoms with Crippen LogP contribution in [0.3, 0.4) is 0 Å². The van der Waals surface area contributed by atoms with Gasteiger partial charge in [0.1, 0.15) is 12.7 Å². The molecule has 1 aromatic carbocycles. The van der Waals surface area contributed by atoms with Crippen molar-refractivity contribution in [2.24, 2.45) is 0 Å². The summed E-state index contributed by atoms with van der Waals surface area (Å²) in [5, 5.41) is 0. The first-order valence-electron chi connectivity index (χ1n) is 6.21. The number of hydrogen-bond donors (Lipinski definition) is 0. The molecule has 19 heavy (non-hydrogen) atoms. The molecule has 1 fully saturated rings. The van der Waals surface area contributed by atoms with Gasteiger partial charge in [-0.25, -0.2) is 0 Å². The second-order valence-corrected chi connectivity index (χ2v) is 4.75. The van der Waals surface area contributed by atoms with E-state index in [1.165, 1.54) is 0 Å². The quantitative estimate of drug-likeness (QED) is 0.819. The molecule has 1 aromatic rings. The molecule has 0 unspecified atom stereocenters. The predicted molar refractivity (Wildman–Crippen MR) is 69.9 cm³/mol. The van der Waals surface area contributed by atoms with Gasteiger partial charge >= 0.3 is 0 Å². The van der Waals surface area contributed by atoms with E-state index < -0.39 is 5.79 Å². The third-order valence-electron chi connectivity index (χ3n) is 2.86. The first-order chi connectivity index (χ1) is 9.05. The molecule has 0 bridgehead atoms. The second kappa shape index (κ2) is 5.67. The number of rotatable bonds is 5. The summed E-state index contributed by atoms with van der Waals surface area (Å²) >= 11 is 0. The van der Waals surface area contributed by atoms with Gasteiger partial charge in [-0.1, -0.05) is 6.07 Å². The van der Waals surface area contributed by atoms with Gasteiger partial charge in [0.05, 0.1) is 20.8 Å². The van der Waals surface area contributed by atoms with E-state index in [9.17, 15) is 0 Å². The predicted octanol–water partition coefficient (Wildman–Crippen LogP) is 2.23. The zero-order valence-electron chi connectivity index (χ0n) is 11.8. The van der Waals surface area contributed by atoms with Crippen molar-refractivity contribution in [2.75, 3.05) is 27.4 Å². The van der Waals surface area contributed by atoms with Crippen LogP contribution in [0.4, 0.5) is 0 Å². The van der Waals surface area contributed by atoms with Gasteiger partial charge in [0.2, 0.25) is 5.75 Å². The molecule has 106 valence electrons. The van der Waals surface area contributed by atoms with Crippen LogP contribution < -0.4 is 14.2 Å². The summed E-state index contributed by atoms with van der Waals surface area (Å²) in [5.41, 5.74) is 0. The lowest BCUT2D eigenvalue weighted by Gasteiger charge is -2.18. The minimum Gasteiger partial charge on any atom is -0.493 e. The van der Waals surface area contributed by atoms with Crippen LogP contribution in [-0.4, -0.2) is 39.3 Å². The molecule has 1 aliphatic heterocycles. The van der Waals surface area contributed by atoms with Crippen LogP contribution in [0, 0.1) is 0 Å². The van der Waals surface area contributed by atoms with E-state index in [4.69, 9.17) is 23.7 Å². The summed E-state index contributed by atoms with van der Waals surface area (Å²) in [5.74, 6) is 1.33. The number of benzene rings is 1. The average molecular weight is 268 g/mol. The van der Waals surface area contributed by atoms with Crippen molar-refractivity contribution < 1.29 is 23.7 Å². The Hall–Kier alpha value is -1.46. The van der Waals surface area contributed by atoms with Crippen LogP contribution in [0.2, 0.25) is 0 Å². The van der Waals surface area contributed by atoms with Crippen LogP contribution in [0.5, 0.6) is 17.2 Å². The van der Waals surface area contributed by atoms with E-state index in [1.54, 1.807) is 14.2 Å². The van der Waals surface area contributed by atoms with Gasteiger partial charge in [0.15, 0.2) is 17.3 Å². The molecule has 1 heterocycles. The molecular weight excluding hydrogens is 248 g/mol. The summed E-state index contributed by atoms with van der Waals surface area (Å²) in [4.78, 5) is 0. The standard InChI is InChI=1S/C14H20O5/c1-14(2)18-9-10(19-14)8-17-12-7-5-6-11(15-3)13(12)16-4/h5-7,10H,8-9H2,1-4H3/t10-/m0/s1. The van der Waals surface area contributed by atoms with Crippen molar-refractivity contribution >= 4 is 0 Å². The smallest absolute Gasteiger partial charge is 0.203 e. The third kappa shape index (κ3) is 3.30. The van der Waals surface area contributed by atoms with Crippen molar-refractivity contribution in [3.63, 3.8) is 0 Å². The van der Waals surface area contributed by atoms with Gasteiger partial charge < -0.3 is 23.7 Å². The molecule has 0 saturated carbocycles. The van der Waals surface area contributed by atoms with Gasteiger partial charge in [-0.15, -0.1) is 0 Å². The lowest BCUT2D eigenvalue weighted by molar-refractivity contribution is -0.141. The Morgan fingerprint density at radius 1 is 1.21 bits per heavy atom. The summed E-state index contributed by atoms with van der Waals surface area (Å²) in [6, 6.07) is 5.51. The van der Waals surface area contributed by atoms with Gasteiger partial charge in [-0.2, -0.15) is 0 Å². The van der Waals surface area contributed by atoms with Crippen LogP contribution >= 0.6 is 0 Å². The highest BCUT2D eigenvalue weighted by Gasteiger charge is 2.33. The lowest BCUT2D eigenvalue weighted by Crippen LogP contribution is -2.25. The highest BCUT2D eigenvalue weighted by atomic mass is 16.7. The molecule has 0 aliphatic carbocycles. The van der Waals surface area contributed by atoms with E-state index in [1.807, 2.05) is 32.0 Å². The van der Waals surface area contributed by atoms with Crippen molar-refractivity contribution in [3.8, 4) is 17.2 Å². The molecule has 0 radical (unpaired) electrons. The highest BCUT2D eigenvalue weighted by Crippen LogP contribution is 2.37. The summed E-state index contributed by atoms with van der Waals surface area (Å²) < 4.78 is 27.4. The molecule has 1 aliphatic rings. The van der Waals surface area contributed by atoms with Gasteiger partial charge in [0.25, 0.3) is 0 Å². The normalized spacial score (nSPS) is 21.2. The Labute approximate surface area is 113 Å². The molecule has 2 rings (SSSR count). The first-order valence-corrected chi connectivity index (χ1v) is 6.21. The third-order valence-corrected chi connectivity index (χ3v) is 2.86. The number of ether oxygens (including phenoxy) is 5. The lowest BCUT2D eigenvalue weighted by atomic mass is 10.3. The van der Waals surface area contributed by atoms with Gasteiger partial charge in [-0.05, 0) is 26.0 Å². The van der Waals surface area contributed by atoms with E-state index >= 15 is 0 Å². The van der Waals surface area contributed by atoms with Crippen LogP contribution in [0.1, 0.15) is 13.8 Å². The second-order valence-electron chi connectivity index (χ2n) is 4.75. The van der Waals surface area contributed by atoms with Crippen molar-refractivity contribution in [1.82, 2.24) is 0 Å². The van der Waals surface area contributed by atoms with Crippen molar-refractivity contribution in [2.45, 2.75) is 25.7 Å². The zero-order chi connectivity index (χ0) is 13.9. The Balaban J connectivity index is 2.00. The molecule has 0 spiro atoms. The van der Waals surface area contributed by atoms with Crippen LogP contribution in [0.15, 0.2) is 18.2 Å². The highest BCUT2D eigenvalue weighted by molar-refractivity contribution is 5.51. The zero-order valence-corrected chi connectivity index (χ0v) is 11.8. The Morgan fingerprint density at radius 3 is 2.53 bits per heavy atom. The van der Waals surface area contributed by atoms with Crippen LogP contribution in [-0.2, 0) is 9.47 Å². The number of methoxy groups -OCH3 is 2. The van der Waals surface area contributed by atoms with Gasteiger partial charge in [0, 0.05) is 0 Å². The topological polar surface area (TPSA) is 46.2 Å². The van der Waals surface area contributed by atoms with Gasteiger partial charge in [-0.3, -0.25) is 0 Å². The molecule has 5 nitrogen and oxygen atoms in total. The van der Waals surface area contributed by atoms with Crippen molar-refractivity contribution in [3.05, 3.63) is 18.2 Å². The molecule has 1 atom stereocenters. The van der Waals surface area contributed by atoms with Crippen LogP contribution in [0.25, 0.3) is 0 Å². The monoisotopic (exact) mass is 268 g/mol. The Morgan fingerprint density at radius 2 is 1.95 bits per heavy atom. The molecule has 0 aromatic heterocycles. The fourth-order valence-electron chi connectivity index (χ4n) is 2.00. The minimum atomic E-state index is -0.535. The van der Waals surface area contributed by atoms with E-state index in [-0.39, 0.29) is 6.10 Å². The number of hydrogen-bond acceptors (Lipinski definition) is 5. The number of para-hydroxylation sites is 1.